The maximum atomic E-state index is 13.0. The van der Waals surface area contributed by atoms with Gasteiger partial charge in [0.2, 0.25) is 0 Å². The summed E-state index contributed by atoms with van der Waals surface area (Å²) in [4.78, 5) is 0. The van der Waals surface area contributed by atoms with Crippen LogP contribution in [0.25, 0.3) is 0 Å². The van der Waals surface area contributed by atoms with Gasteiger partial charge in [-0.05, 0) is 37.5 Å². The molecule has 1 aromatic rings. The summed E-state index contributed by atoms with van der Waals surface area (Å²) < 4.78 is 13.0. The van der Waals surface area contributed by atoms with Gasteiger partial charge in [0.05, 0.1) is 0 Å². The van der Waals surface area contributed by atoms with E-state index in [1.807, 2.05) is 6.92 Å². The van der Waals surface area contributed by atoms with E-state index in [1.165, 1.54) is 25.0 Å². The van der Waals surface area contributed by atoms with Gasteiger partial charge >= 0.3 is 0 Å². The standard InChI is InChI=1S/C11H14FNO/c1-7(13-9-3-4-9)8-2-5-11(14)10(12)6-8/h2,5-7,9,13-14H,3-4H2,1H3/t7-/m0/s1. The van der Waals surface area contributed by atoms with Crippen LogP contribution in [0.2, 0.25) is 0 Å². The lowest BCUT2D eigenvalue weighted by molar-refractivity contribution is 0.430. The van der Waals surface area contributed by atoms with Crippen molar-refractivity contribution in [3.8, 4) is 5.75 Å². The van der Waals surface area contributed by atoms with Crippen LogP contribution in [0.15, 0.2) is 18.2 Å². The second kappa shape index (κ2) is 3.58. The third kappa shape index (κ3) is 2.04. The molecule has 0 amide bonds. The van der Waals surface area contributed by atoms with Gasteiger partial charge in [-0.2, -0.15) is 0 Å². The number of rotatable bonds is 3. The first-order valence-electron chi connectivity index (χ1n) is 4.91. The SMILES string of the molecule is C[C@H](NC1CC1)c1ccc(O)c(F)c1. The van der Waals surface area contributed by atoms with Crippen molar-refractivity contribution in [2.45, 2.75) is 31.8 Å². The van der Waals surface area contributed by atoms with Crippen LogP contribution >= 0.6 is 0 Å². The summed E-state index contributed by atoms with van der Waals surface area (Å²) in [5, 5.41) is 12.4. The number of phenolic OH excluding ortho intramolecular Hbond substituents is 1. The highest BCUT2D eigenvalue weighted by molar-refractivity contribution is 5.29. The van der Waals surface area contributed by atoms with Crippen LogP contribution in [0, 0.1) is 5.82 Å². The Morgan fingerprint density at radius 3 is 2.79 bits per heavy atom. The normalized spacial score (nSPS) is 18.1. The minimum atomic E-state index is -0.549. The highest BCUT2D eigenvalue weighted by Gasteiger charge is 2.23. The molecular weight excluding hydrogens is 181 g/mol. The smallest absolute Gasteiger partial charge is 0.165 e. The fourth-order valence-corrected chi connectivity index (χ4v) is 1.49. The zero-order valence-corrected chi connectivity index (χ0v) is 8.13. The first-order valence-corrected chi connectivity index (χ1v) is 4.91. The maximum Gasteiger partial charge on any atom is 0.165 e. The fraction of sp³-hybridized carbons (Fsp3) is 0.455. The summed E-state index contributed by atoms with van der Waals surface area (Å²) in [6.07, 6.45) is 2.43. The largest absolute Gasteiger partial charge is 0.505 e. The van der Waals surface area contributed by atoms with E-state index in [1.54, 1.807) is 6.07 Å². The molecule has 2 nitrogen and oxygen atoms in total. The van der Waals surface area contributed by atoms with Gasteiger partial charge in [0, 0.05) is 12.1 Å². The van der Waals surface area contributed by atoms with Crippen LogP contribution in [0.1, 0.15) is 31.4 Å². The van der Waals surface area contributed by atoms with Crippen LogP contribution in [0.3, 0.4) is 0 Å². The molecule has 0 spiro atoms. The highest BCUT2D eigenvalue weighted by Crippen LogP contribution is 2.25. The van der Waals surface area contributed by atoms with Crippen LogP contribution in [0.5, 0.6) is 5.75 Å². The second-order valence-corrected chi connectivity index (χ2v) is 3.87. The van der Waals surface area contributed by atoms with Gasteiger partial charge in [-0.1, -0.05) is 6.07 Å². The Bertz CT molecular complexity index is 336. The Kier molecular flexibility index (Phi) is 2.42. The number of nitrogens with one attached hydrogen (secondary N) is 1. The van der Waals surface area contributed by atoms with E-state index < -0.39 is 5.82 Å². The van der Waals surface area contributed by atoms with Crippen molar-refractivity contribution in [3.05, 3.63) is 29.6 Å². The Morgan fingerprint density at radius 1 is 1.50 bits per heavy atom. The van der Waals surface area contributed by atoms with Gasteiger partial charge in [-0.25, -0.2) is 4.39 Å². The maximum absolute atomic E-state index is 13.0. The average Bonchev–Trinajstić information content (AvgIpc) is 2.93. The molecule has 0 saturated heterocycles. The molecule has 1 fully saturated rings. The van der Waals surface area contributed by atoms with Crippen molar-refractivity contribution in [1.29, 1.82) is 0 Å². The third-order valence-corrected chi connectivity index (χ3v) is 2.53. The number of halogens is 1. The molecule has 1 aromatic carbocycles. The van der Waals surface area contributed by atoms with Crippen molar-refractivity contribution < 1.29 is 9.50 Å². The molecule has 1 aliphatic rings. The van der Waals surface area contributed by atoms with Gasteiger partial charge in [0.25, 0.3) is 0 Å². The quantitative estimate of drug-likeness (QED) is 0.776. The first-order chi connectivity index (χ1) is 6.66. The lowest BCUT2D eigenvalue weighted by Gasteiger charge is -2.13. The molecule has 14 heavy (non-hydrogen) atoms. The van der Waals surface area contributed by atoms with Gasteiger partial charge in [-0.15, -0.1) is 0 Å². The summed E-state index contributed by atoms with van der Waals surface area (Å²) in [6, 6.07) is 5.28. The first kappa shape index (κ1) is 9.46. The third-order valence-electron chi connectivity index (χ3n) is 2.53. The number of aromatic hydroxyl groups is 1. The minimum Gasteiger partial charge on any atom is -0.505 e. The predicted molar refractivity (Wildman–Crippen MR) is 52.6 cm³/mol. The summed E-state index contributed by atoms with van der Waals surface area (Å²) >= 11 is 0. The molecule has 76 valence electrons. The van der Waals surface area contributed by atoms with Gasteiger partial charge in [-0.3, -0.25) is 0 Å². The van der Waals surface area contributed by atoms with Crippen molar-refractivity contribution in [2.24, 2.45) is 0 Å². The Hall–Kier alpha value is -1.09. The monoisotopic (exact) mass is 195 g/mol. The molecule has 0 bridgehead atoms. The van der Waals surface area contributed by atoms with E-state index in [0.29, 0.717) is 6.04 Å². The average molecular weight is 195 g/mol. The molecule has 2 N–H and O–H groups in total. The van der Waals surface area contributed by atoms with Gasteiger partial charge < -0.3 is 10.4 Å². The van der Waals surface area contributed by atoms with Crippen molar-refractivity contribution in [1.82, 2.24) is 5.32 Å². The summed E-state index contributed by atoms with van der Waals surface area (Å²) in [7, 11) is 0. The van der Waals surface area contributed by atoms with E-state index in [4.69, 9.17) is 5.11 Å². The van der Waals surface area contributed by atoms with E-state index in [9.17, 15) is 4.39 Å². The molecule has 1 aliphatic carbocycles. The molecule has 1 saturated carbocycles. The molecular formula is C11H14FNO. The topological polar surface area (TPSA) is 32.3 Å². The molecule has 3 heteroatoms. The molecule has 1 atom stereocenters. The minimum absolute atomic E-state index is 0.151. The summed E-state index contributed by atoms with van der Waals surface area (Å²) in [5.74, 6) is -0.834. The number of benzene rings is 1. The van der Waals surface area contributed by atoms with Crippen LogP contribution in [-0.4, -0.2) is 11.1 Å². The Morgan fingerprint density at radius 2 is 2.21 bits per heavy atom. The molecule has 0 aliphatic heterocycles. The van der Waals surface area contributed by atoms with Crippen molar-refractivity contribution in [2.75, 3.05) is 0 Å². The van der Waals surface area contributed by atoms with E-state index >= 15 is 0 Å². The number of hydrogen-bond acceptors (Lipinski definition) is 2. The van der Waals surface area contributed by atoms with Gasteiger partial charge in [0.1, 0.15) is 0 Å². The molecule has 0 unspecified atom stereocenters. The summed E-state index contributed by atoms with van der Waals surface area (Å²) in [5.41, 5.74) is 0.882. The van der Waals surface area contributed by atoms with Crippen LogP contribution in [-0.2, 0) is 0 Å². The molecule has 2 rings (SSSR count). The molecule has 0 heterocycles. The fourth-order valence-electron chi connectivity index (χ4n) is 1.49. The second-order valence-electron chi connectivity index (χ2n) is 3.87. The lowest BCUT2D eigenvalue weighted by Crippen LogP contribution is -2.20. The van der Waals surface area contributed by atoms with Crippen molar-refractivity contribution in [3.63, 3.8) is 0 Å². The van der Waals surface area contributed by atoms with E-state index in [2.05, 4.69) is 5.32 Å². The predicted octanol–water partition coefficient (Wildman–Crippen LogP) is 2.34. The summed E-state index contributed by atoms with van der Waals surface area (Å²) in [6.45, 7) is 2.00. The zero-order valence-electron chi connectivity index (χ0n) is 8.13. The van der Waals surface area contributed by atoms with E-state index in [-0.39, 0.29) is 11.8 Å². The van der Waals surface area contributed by atoms with Crippen LogP contribution in [0.4, 0.5) is 4.39 Å². The Balaban J connectivity index is 2.10. The molecule has 0 aromatic heterocycles. The van der Waals surface area contributed by atoms with E-state index in [0.717, 1.165) is 5.56 Å². The van der Waals surface area contributed by atoms with Gasteiger partial charge in [0.15, 0.2) is 11.6 Å². The number of hydrogen-bond donors (Lipinski definition) is 2. The van der Waals surface area contributed by atoms with Crippen LogP contribution < -0.4 is 5.32 Å². The van der Waals surface area contributed by atoms with Crippen molar-refractivity contribution >= 4 is 0 Å². The molecule has 0 radical (unpaired) electrons. The lowest BCUT2D eigenvalue weighted by atomic mass is 10.1. The zero-order chi connectivity index (χ0) is 10.1. The Labute approximate surface area is 82.8 Å². The highest BCUT2D eigenvalue weighted by atomic mass is 19.1. The number of phenols is 1.